The van der Waals surface area contributed by atoms with Crippen molar-refractivity contribution in [3.05, 3.63) is 108 Å². The molecule has 0 bridgehead atoms. The van der Waals surface area contributed by atoms with Crippen molar-refractivity contribution < 1.29 is 29.2 Å². The van der Waals surface area contributed by atoms with Crippen molar-refractivity contribution in [2.45, 2.75) is 46.4 Å². The van der Waals surface area contributed by atoms with Gasteiger partial charge >= 0.3 is 5.97 Å². The summed E-state index contributed by atoms with van der Waals surface area (Å²) in [5.74, 6) is 0.395. The van der Waals surface area contributed by atoms with E-state index in [4.69, 9.17) is 30.8 Å². The van der Waals surface area contributed by atoms with Crippen LogP contribution in [0.25, 0.3) is 43.9 Å². The second kappa shape index (κ2) is 19.0. The molecule has 0 saturated carbocycles. The third kappa shape index (κ3) is 9.44. The Morgan fingerprint density at radius 2 is 1.88 bits per heavy atom. The van der Waals surface area contributed by atoms with Crippen molar-refractivity contribution in [2.75, 3.05) is 46.4 Å². The smallest absolute Gasteiger partial charge is 0.345 e. The van der Waals surface area contributed by atoms with Gasteiger partial charge in [0, 0.05) is 75.4 Å². The number of carbonyl (C=O) groups is 1. The zero-order valence-electron chi connectivity index (χ0n) is 34.0. The van der Waals surface area contributed by atoms with Gasteiger partial charge in [0.1, 0.15) is 24.7 Å². The minimum absolute atomic E-state index is 0.0643. The standard InChI is InChI=1S/C44H47ClN8O6S/c1-6-29(28(4)58-26-31-14-15-46-42(49-31)33-10-8-9-11-34(33)54)22-36(44(55)56)59-43-39-37(60-50-43)24-47-41(30-23-48-53(7-2)25-30)38(39)32-12-13-35(40(45)27(32)3)57-21-20-52-18-16-51(5)17-19-52/h6,8-15,23-25,36,54H,1,7,16-22,26H2,2-5H3,(H,55,56)/b29-28-. The normalized spacial score (nSPS) is 14.5. The average Bonchev–Trinajstić information content (AvgIpc) is 3.91. The van der Waals surface area contributed by atoms with Crippen LogP contribution in [0.3, 0.4) is 0 Å². The van der Waals surface area contributed by atoms with Crippen LogP contribution in [-0.2, 0) is 22.7 Å². The lowest BCUT2D eigenvalue weighted by Crippen LogP contribution is -2.45. The van der Waals surface area contributed by atoms with Crippen molar-refractivity contribution in [2.24, 2.45) is 0 Å². The maximum absolute atomic E-state index is 12.9. The predicted octanol–water partition coefficient (Wildman–Crippen LogP) is 7.89. The van der Waals surface area contributed by atoms with Gasteiger partial charge < -0.3 is 29.3 Å². The molecule has 6 aromatic rings. The van der Waals surface area contributed by atoms with Crippen molar-refractivity contribution in [3.8, 4) is 51.2 Å². The summed E-state index contributed by atoms with van der Waals surface area (Å²) in [6, 6.07) is 12.3. The van der Waals surface area contributed by atoms with Crippen LogP contribution in [0.15, 0.2) is 91.2 Å². The first-order valence-corrected chi connectivity index (χ1v) is 20.8. The molecule has 7 rings (SSSR count). The number of phenols is 1. The van der Waals surface area contributed by atoms with Gasteiger partial charge in [0.2, 0.25) is 12.0 Å². The molecule has 1 saturated heterocycles. The number of para-hydroxylation sites is 1. The summed E-state index contributed by atoms with van der Waals surface area (Å²) in [7, 11) is 2.13. The summed E-state index contributed by atoms with van der Waals surface area (Å²) in [6.45, 7) is 15.7. The molecule has 2 aromatic carbocycles. The van der Waals surface area contributed by atoms with Gasteiger partial charge in [0.15, 0.2) is 5.82 Å². The number of hydrogen-bond acceptors (Lipinski definition) is 13. The number of allylic oxidation sites excluding steroid dienone is 2. The lowest BCUT2D eigenvalue weighted by Gasteiger charge is -2.32. The number of piperazine rings is 1. The Bertz CT molecular complexity index is 2530. The molecular formula is C44H47ClN8O6S. The number of fused-ring (bicyclic) bond motifs is 1. The third-order valence-electron chi connectivity index (χ3n) is 10.5. The SMILES string of the molecule is C=C/C(CC(Oc1nsc2cnc(-c3cnn(CC)c3)c(-c3ccc(OCCN4CCN(C)CC4)c(Cl)c3C)c12)C(=O)O)=C(\C)OCc1ccnc(-c2ccccc2O)n1. The fourth-order valence-electron chi connectivity index (χ4n) is 6.96. The summed E-state index contributed by atoms with van der Waals surface area (Å²) in [6.07, 6.45) is 7.11. The largest absolute Gasteiger partial charge is 0.507 e. The number of aliphatic carboxylic acids is 1. The maximum Gasteiger partial charge on any atom is 0.345 e. The molecule has 0 amide bonds. The molecule has 0 aliphatic carbocycles. The van der Waals surface area contributed by atoms with E-state index in [2.05, 4.69) is 42.9 Å². The number of aromatic nitrogens is 6. The molecule has 312 valence electrons. The number of rotatable bonds is 17. The van der Waals surface area contributed by atoms with Gasteiger partial charge in [-0.3, -0.25) is 14.6 Å². The van der Waals surface area contributed by atoms with E-state index in [1.165, 1.54) is 0 Å². The van der Waals surface area contributed by atoms with E-state index in [1.807, 2.05) is 36.9 Å². The average molecular weight is 851 g/mol. The summed E-state index contributed by atoms with van der Waals surface area (Å²) < 4.78 is 25.8. The highest BCUT2D eigenvalue weighted by atomic mass is 35.5. The quantitative estimate of drug-likeness (QED) is 0.0674. The molecule has 16 heteroatoms. The molecule has 1 fully saturated rings. The van der Waals surface area contributed by atoms with Crippen molar-refractivity contribution in [3.63, 3.8) is 0 Å². The lowest BCUT2D eigenvalue weighted by molar-refractivity contribution is -0.145. The minimum atomic E-state index is -1.36. The Kier molecular flexibility index (Phi) is 13.4. The fraction of sp³-hybridized carbons (Fsp3) is 0.318. The van der Waals surface area contributed by atoms with E-state index >= 15 is 0 Å². The second-order valence-electron chi connectivity index (χ2n) is 14.4. The molecule has 0 radical (unpaired) electrons. The first-order valence-electron chi connectivity index (χ1n) is 19.6. The van der Waals surface area contributed by atoms with Crippen LogP contribution >= 0.6 is 23.1 Å². The number of nitrogens with zero attached hydrogens (tertiary/aromatic N) is 8. The number of carboxylic acids is 1. The summed E-state index contributed by atoms with van der Waals surface area (Å²) >= 11 is 8.23. The Labute approximate surface area is 357 Å². The molecule has 1 aliphatic rings. The van der Waals surface area contributed by atoms with Gasteiger partial charge in [-0.25, -0.2) is 14.8 Å². The molecule has 60 heavy (non-hydrogen) atoms. The summed E-state index contributed by atoms with van der Waals surface area (Å²) in [5, 5.41) is 26.4. The van der Waals surface area contributed by atoms with Crippen molar-refractivity contribution in [1.29, 1.82) is 0 Å². The Hall–Kier alpha value is -5.87. The third-order valence-corrected chi connectivity index (χ3v) is 11.8. The summed E-state index contributed by atoms with van der Waals surface area (Å²) in [4.78, 5) is 31.3. The van der Waals surface area contributed by atoms with E-state index in [0.29, 0.717) is 73.7 Å². The van der Waals surface area contributed by atoms with E-state index < -0.39 is 12.1 Å². The molecular weight excluding hydrogens is 804 g/mol. The number of aryl methyl sites for hydroxylation is 1. The van der Waals surface area contributed by atoms with Crippen LogP contribution in [0.1, 0.15) is 31.5 Å². The van der Waals surface area contributed by atoms with Crippen LogP contribution in [0, 0.1) is 6.92 Å². The number of benzene rings is 2. The number of hydrogen-bond donors (Lipinski definition) is 2. The Balaban J connectivity index is 1.17. The first kappa shape index (κ1) is 42.3. The molecule has 2 N–H and O–H groups in total. The highest BCUT2D eigenvalue weighted by molar-refractivity contribution is 7.13. The van der Waals surface area contributed by atoms with Gasteiger partial charge in [-0.05, 0) is 80.3 Å². The van der Waals surface area contributed by atoms with E-state index in [9.17, 15) is 15.0 Å². The number of phenolic OH excluding ortho intramolecular Hbond substituents is 1. The predicted molar refractivity (Wildman–Crippen MR) is 232 cm³/mol. The van der Waals surface area contributed by atoms with Crippen molar-refractivity contribution >= 4 is 39.2 Å². The zero-order chi connectivity index (χ0) is 42.3. The number of carboxylic acid groups (broad SMARTS) is 1. The highest BCUT2D eigenvalue weighted by Crippen LogP contribution is 2.46. The molecule has 1 unspecified atom stereocenters. The topological polar surface area (TPSA) is 161 Å². The number of pyridine rings is 1. The minimum Gasteiger partial charge on any atom is -0.507 e. The van der Waals surface area contributed by atoms with Gasteiger partial charge in [0.25, 0.3) is 0 Å². The summed E-state index contributed by atoms with van der Waals surface area (Å²) in [5.41, 5.74) is 5.19. The second-order valence-corrected chi connectivity index (χ2v) is 15.6. The highest BCUT2D eigenvalue weighted by Gasteiger charge is 2.28. The molecule has 1 aliphatic heterocycles. The van der Waals surface area contributed by atoms with E-state index in [-0.39, 0.29) is 24.7 Å². The molecule has 4 aromatic heterocycles. The monoisotopic (exact) mass is 850 g/mol. The van der Waals surface area contributed by atoms with E-state index in [1.54, 1.807) is 61.9 Å². The maximum atomic E-state index is 12.9. The van der Waals surface area contributed by atoms with Crippen molar-refractivity contribution in [1.82, 2.24) is 38.9 Å². The first-order chi connectivity index (χ1) is 29.0. The van der Waals surface area contributed by atoms with Crippen LogP contribution < -0.4 is 9.47 Å². The van der Waals surface area contributed by atoms with Crippen LogP contribution in [0.5, 0.6) is 17.4 Å². The lowest BCUT2D eigenvalue weighted by atomic mass is 9.94. The molecule has 1 atom stereocenters. The van der Waals surface area contributed by atoms with Gasteiger partial charge in [0.05, 0.1) is 44.0 Å². The van der Waals surface area contributed by atoms with Crippen LogP contribution in [0.4, 0.5) is 0 Å². The molecule has 14 nitrogen and oxygen atoms in total. The Morgan fingerprint density at radius 1 is 1.08 bits per heavy atom. The Morgan fingerprint density at radius 3 is 2.62 bits per heavy atom. The zero-order valence-corrected chi connectivity index (χ0v) is 35.5. The number of ether oxygens (including phenoxy) is 3. The molecule has 5 heterocycles. The number of aromatic hydroxyl groups is 1. The van der Waals surface area contributed by atoms with Gasteiger partial charge in [-0.1, -0.05) is 42.5 Å². The number of likely N-dealkylation sites (N-methyl/N-ethyl adjacent to an activating group) is 1. The van der Waals surface area contributed by atoms with Gasteiger partial charge in [-0.2, -0.15) is 9.47 Å². The number of halogens is 1. The fourth-order valence-corrected chi connectivity index (χ4v) is 7.87. The van der Waals surface area contributed by atoms with Crippen LogP contribution in [0.2, 0.25) is 5.02 Å². The molecule has 0 spiro atoms. The van der Waals surface area contributed by atoms with Crippen LogP contribution in [-0.4, -0.2) is 108 Å². The van der Waals surface area contributed by atoms with E-state index in [0.717, 1.165) is 60.9 Å². The van der Waals surface area contributed by atoms with Gasteiger partial charge in [-0.15, -0.1) is 0 Å².